The molecule has 0 aliphatic carbocycles. The number of rotatable bonds is 7. The molecule has 0 unspecified atom stereocenters. The van der Waals surface area contributed by atoms with Crippen LogP contribution in [0.15, 0.2) is 53.4 Å². The SMILES string of the molecule is COC(C)(C)ONC(=O)[C@@H](C)N(C)S(=O)(=O)c1ccc(C#Cc2ccc(C)cc2)cc1. The molecule has 1 amide bonds. The molecule has 0 radical (unpaired) electrons. The van der Waals surface area contributed by atoms with Gasteiger partial charge in [0.1, 0.15) is 6.04 Å². The summed E-state index contributed by atoms with van der Waals surface area (Å²) in [4.78, 5) is 17.5. The molecule has 7 nitrogen and oxygen atoms in total. The molecule has 0 heterocycles. The van der Waals surface area contributed by atoms with Gasteiger partial charge in [-0.05, 0) is 64.1 Å². The van der Waals surface area contributed by atoms with Crippen LogP contribution >= 0.6 is 0 Å². The number of hydrogen-bond acceptors (Lipinski definition) is 5. The van der Waals surface area contributed by atoms with Crippen LogP contribution < -0.4 is 5.48 Å². The van der Waals surface area contributed by atoms with Crippen molar-refractivity contribution in [1.29, 1.82) is 0 Å². The fourth-order valence-electron chi connectivity index (χ4n) is 2.33. The van der Waals surface area contributed by atoms with Crippen LogP contribution in [0.4, 0.5) is 0 Å². The van der Waals surface area contributed by atoms with E-state index in [2.05, 4.69) is 17.3 Å². The number of nitrogens with one attached hydrogen (secondary N) is 1. The van der Waals surface area contributed by atoms with E-state index >= 15 is 0 Å². The highest BCUT2D eigenvalue weighted by molar-refractivity contribution is 7.89. The summed E-state index contributed by atoms with van der Waals surface area (Å²) in [7, 11) is -1.12. The predicted molar refractivity (Wildman–Crippen MR) is 118 cm³/mol. The molecule has 31 heavy (non-hydrogen) atoms. The van der Waals surface area contributed by atoms with Crippen molar-refractivity contribution in [2.24, 2.45) is 0 Å². The van der Waals surface area contributed by atoms with Gasteiger partial charge in [-0.1, -0.05) is 29.5 Å². The fraction of sp³-hybridized carbons (Fsp3) is 0.348. The zero-order valence-electron chi connectivity index (χ0n) is 18.6. The Balaban J connectivity index is 2.10. The van der Waals surface area contributed by atoms with Gasteiger partial charge in [0.2, 0.25) is 10.0 Å². The van der Waals surface area contributed by atoms with Crippen LogP contribution in [0.25, 0.3) is 0 Å². The quantitative estimate of drug-likeness (QED) is 0.403. The molecule has 2 rings (SSSR count). The van der Waals surface area contributed by atoms with Crippen molar-refractivity contribution in [3.63, 3.8) is 0 Å². The molecular formula is C23H28N2O5S. The van der Waals surface area contributed by atoms with E-state index in [4.69, 9.17) is 9.57 Å². The Morgan fingerprint density at radius 2 is 1.52 bits per heavy atom. The number of hydroxylamine groups is 1. The lowest BCUT2D eigenvalue weighted by Crippen LogP contribution is -2.48. The molecule has 0 saturated carbocycles. The van der Waals surface area contributed by atoms with Crippen LogP contribution in [0.2, 0.25) is 0 Å². The number of nitrogens with zero attached hydrogens (tertiary/aromatic N) is 1. The second-order valence-corrected chi connectivity index (χ2v) is 9.51. The first-order chi connectivity index (χ1) is 14.5. The lowest BCUT2D eigenvalue weighted by molar-refractivity contribution is -0.232. The molecule has 0 aromatic heterocycles. The van der Waals surface area contributed by atoms with Gasteiger partial charge >= 0.3 is 0 Å². The monoisotopic (exact) mass is 444 g/mol. The number of amides is 1. The first-order valence-corrected chi connectivity index (χ1v) is 11.1. The Hall–Kier alpha value is -2.70. The summed E-state index contributed by atoms with van der Waals surface area (Å²) < 4.78 is 31.8. The minimum Gasteiger partial charge on any atom is -0.352 e. The number of carbonyl (C=O) groups excluding carboxylic acids is 1. The second-order valence-electron chi connectivity index (χ2n) is 7.51. The first-order valence-electron chi connectivity index (χ1n) is 9.66. The number of aryl methyl sites for hydroxylation is 1. The maximum atomic E-state index is 12.9. The summed E-state index contributed by atoms with van der Waals surface area (Å²) in [6.07, 6.45) is 0. The van der Waals surface area contributed by atoms with Crippen molar-refractivity contribution >= 4 is 15.9 Å². The Morgan fingerprint density at radius 3 is 2.00 bits per heavy atom. The lowest BCUT2D eigenvalue weighted by Gasteiger charge is -2.26. The lowest BCUT2D eigenvalue weighted by atomic mass is 10.1. The molecule has 2 aromatic rings. The Kier molecular flexibility index (Phi) is 7.98. The summed E-state index contributed by atoms with van der Waals surface area (Å²) in [5.41, 5.74) is 4.95. The number of ether oxygens (including phenoxy) is 1. The maximum Gasteiger partial charge on any atom is 0.261 e. The van der Waals surface area contributed by atoms with Gasteiger partial charge in [-0.15, -0.1) is 0 Å². The minimum atomic E-state index is -3.89. The second kappa shape index (κ2) is 10.1. The summed E-state index contributed by atoms with van der Waals surface area (Å²) in [5, 5.41) is 0. The molecule has 0 spiro atoms. The van der Waals surface area contributed by atoms with Crippen molar-refractivity contribution < 1.29 is 22.8 Å². The van der Waals surface area contributed by atoms with Crippen LogP contribution in [0, 0.1) is 18.8 Å². The third kappa shape index (κ3) is 6.64. The molecule has 0 aliphatic heterocycles. The molecule has 8 heteroatoms. The highest BCUT2D eigenvalue weighted by atomic mass is 32.2. The van der Waals surface area contributed by atoms with Crippen molar-refractivity contribution in [3.8, 4) is 11.8 Å². The Bertz CT molecular complexity index is 1070. The molecule has 0 saturated heterocycles. The van der Waals surface area contributed by atoms with Crippen LogP contribution in [-0.4, -0.2) is 44.6 Å². The number of methoxy groups -OCH3 is 1. The standard InChI is InChI=1S/C23H28N2O5S/c1-17-7-9-19(10-8-17)11-12-20-13-15-21(16-14-20)31(27,28)25(5)18(2)22(26)24-30-23(3,4)29-6/h7-10,13-16,18H,1-6H3,(H,24,26)/t18-/m1/s1. The van der Waals surface area contributed by atoms with Gasteiger partial charge in [0.15, 0.2) is 5.79 Å². The highest BCUT2D eigenvalue weighted by Gasteiger charge is 2.31. The van der Waals surface area contributed by atoms with E-state index in [0.29, 0.717) is 5.56 Å². The Labute approximate surface area is 184 Å². The van der Waals surface area contributed by atoms with Crippen LogP contribution in [0.5, 0.6) is 0 Å². The number of carbonyl (C=O) groups is 1. The molecule has 0 aliphatic rings. The molecule has 1 atom stereocenters. The third-order valence-electron chi connectivity index (χ3n) is 4.75. The maximum absolute atomic E-state index is 12.9. The third-order valence-corrected chi connectivity index (χ3v) is 6.69. The molecule has 2 aromatic carbocycles. The topological polar surface area (TPSA) is 84.9 Å². The number of sulfonamides is 1. The molecule has 1 N–H and O–H groups in total. The minimum absolute atomic E-state index is 0.0636. The largest absolute Gasteiger partial charge is 0.352 e. The first kappa shape index (κ1) is 24.6. The fourth-order valence-corrected chi connectivity index (χ4v) is 3.66. The van der Waals surface area contributed by atoms with Gasteiger partial charge in [0.25, 0.3) is 5.91 Å². The van der Waals surface area contributed by atoms with E-state index in [1.54, 1.807) is 26.0 Å². The van der Waals surface area contributed by atoms with E-state index in [9.17, 15) is 13.2 Å². The van der Waals surface area contributed by atoms with Gasteiger partial charge in [-0.25, -0.2) is 18.7 Å². The Morgan fingerprint density at radius 1 is 1.03 bits per heavy atom. The van der Waals surface area contributed by atoms with Crippen molar-refractivity contribution in [1.82, 2.24) is 9.79 Å². The van der Waals surface area contributed by atoms with Crippen molar-refractivity contribution in [3.05, 3.63) is 65.2 Å². The van der Waals surface area contributed by atoms with E-state index in [1.165, 1.54) is 33.2 Å². The normalized spacial score (nSPS) is 12.7. The predicted octanol–water partition coefficient (Wildman–Crippen LogP) is 2.83. The smallest absolute Gasteiger partial charge is 0.261 e. The zero-order valence-corrected chi connectivity index (χ0v) is 19.4. The molecular weight excluding hydrogens is 416 g/mol. The average Bonchev–Trinajstić information content (AvgIpc) is 2.76. The van der Waals surface area contributed by atoms with Gasteiger partial charge in [-0.3, -0.25) is 4.79 Å². The van der Waals surface area contributed by atoms with Gasteiger partial charge in [0.05, 0.1) is 4.90 Å². The zero-order chi connectivity index (χ0) is 23.2. The number of hydrogen-bond donors (Lipinski definition) is 1. The molecule has 166 valence electrons. The summed E-state index contributed by atoms with van der Waals surface area (Å²) in [6, 6.07) is 13.0. The summed E-state index contributed by atoms with van der Waals surface area (Å²) >= 11 is 0. The summed E-state index contributed by atoms with van der Waals surface area (Å²) in [5.74, 6) is 4.41. The van der Waals surface area contributed by atoms with Crippen LogP contribution in [0.1, 0.15) is 37.5 Å². The van der Waals surface area contributed by atoms with E-state index < -0.39 is 27.8 Å². The molecule has 0 bridgehead atoms. The number of benzene rings is 2. The van der Waals surface area contributed by atoms with E-state index in [-0.39, 0.29) is 4.90 Å². The van der Waals surface area contributed by atoms with E-state index in [0.717, 1.165) is 15.4 Å². The van der Waals surface area contributed by atoms with Crippen molar-refractivity contribution in [2.75, 3.05) is 14.2 Å². The van der Waals surface area contributed by atoms with Crippen LogP contribution in [0.3, 0.4) is 0 Å². The van der Waals surface area contributed by atoms with Crippen LogP contribution in [-0.2, 0) is 24.4 Å². The highest BCUT2D eigenvalue weighted by Crippen LogP contribution is 2.18. The average molecular weight is 445 g/mol. The molecule has 0 fully saturated rings. The van der Waals surface area contributed by atoms with Gasteiger partial charge in [-0.2, -0.15) is 4.31 Å². The summed E-state index contributed by atoms with van der Waals surface area (Å²) in [6.45, 7) is 6.70. The van der Waals surface area contributed by atoms with E-state index in [1.807, 2.05) is 31.2 Å². The van der Waals surface area contributed by atoms with Gasteiger partial charge < -0.3 is 4.74 Å². The number of likely N-dealkylation sites (N-methyl/N-ethyl adjacent to an activating group) is 1. The van der Waals surface area contributed by atoms with Crippen molar-refractivity contribution in [2.45, 2.75) is 44.4 Å². The van der Waals surface area contributed by atoms with Gasteiger partial charge in [0, 0.05) is 25.3 Å².